The Morgan fingerprint density at radius 1 is 1.00 bits per heavy atom. The molecule has 11 heteroatoms. The van der Waals surface area contributed by atoms with Gasteiger partial charge < -0.3 is 16.8 Å². The van der Waals surface area contributed by atoms with E-state index in [0.29, 0.717) is 40.5 Å². The van der Waals surface area contributed by atoms with Crippen molar-refractivity contribution in [2.45, 2.75) is 25.4 Å². The monoisotopic (exact) mass is 543 g/mol. The number of hydrogen-bond acceptors (Lipinski definition) is 10. The molecule has 41 heavy (non-hydrogen) atoms. The lowest BCUT2D eigenvalue weighted by atomic mass is 10.0. The Hall–Kier alpha value is -5.34. The molecule has 1 aliphatic rings. The summed E-state index contributed by atoms with van der Waals surface area (Å²) in [5.41, 5.74) is 17.4. The van der Waals surface area contributed by atoms with Crippen molar-refractivity contribution in [2.75, 3.05) is 24.1 Å². The molecule has 5 aromatic rings. The van der Waals surface area contributed by atoms with Gasteiger partial charge in [0.25, 0.3) is 0 Å². The van der Waals surface area contributed by atoms with Crippen LogP contribution in [0.25, 0.3) is 33.9 Å². The van der Waals surface area contributed by atoms with Crippen molar-refractivity contribution in [3.8, 4) is 23.1 Å². The van der Waals surface area contributed by atoms with Crippen LogP contribution in [0, 0.1) is 11.3 Å². The maximum absolute atomic E-state index is 9.04. The van der Waals surface area contributed by atoms with Crippen LogP contribution >= 0.6 is 0 Å². The lowest BCUT2D eigenvalue weighted by molar-refractivity contribution is 0.211. The molecule has 0 radical (unpaired) electrons. The van der Waals surface area contributed by atoms with Crippen LogP contribution in [-0.4, -0.2) is 53.5 Å². The van der Waals surface area contributed by atoms with Crippen LogP contribution in [0.5, 0.6) is 0 Å². The Labute approximate surface area is 237 Å². The highest BCUT2D eigenvalue weighted by Gasteiger charge is 2.21. The SMILES string of the molecule is C=C(N)c1ccc2nc(-c3cccnc3N)n(-c3ccc(CN4CCC(Nc5ccnc(C#N)n5)CC4)cc3)c2n1. The minimum Gasteiger partial charge on any atom is -0.397 e. The number of rotatable bonds is 7. The van der Waals surface area contributed by atoms with E-state index >= 15 is 0 Å². The van der Waals surface area contributed by atoms with Gasteiger partial charge in [-0.05, 0) is 60.9 Å². The van der Waals surface area contributed by atoms with E-state index in [2.05, 4.69) is 56.0 Å². The largest absolute Gasteiger partial charge is 0.397 e. The van der Waals surface area contributed by atoms with Gasteiger partial charge in [0.1, 0.15) is 23.2 Å². The summed E-state index contributed by atoms with van der Waals surface area (Å²) in [5.74, 6) is 1.93. The average molecular weight is 544 g/mol. The van der Waals surface area contributed by atoms with Crippen molar-refractivity contribution in [1.29, 1.82) is 5.26 Å². The van der Waals surface area contributed by atoms with Crippen molar-refractivity contribution in [2.24, 2.45) is 5.73 Å². The number of anilines is 2. The van der Waals surface area contributed by atoms with E-state index in [4.69, 9.17) is 26.7 Å². The van der Waals surface area contributed by atoms with Gasteiger partial charge >= 0.3 is 0 Å². The second kappa shape index (κ2) is 11.0. The van der Waals surface area contributed by atoms with Crippen molar-refractivity contribution in [3.05, 3.63) is 90.7 Å². The van der Waals surface area contributed by atoms with Crippen molar-refractivity contribution in [3.63, 3.8) is 0 Å². The average Bonchev–Trinajstić information content (AvgIpc) is 3.37. The third kappa shape index (κ3) is 5.41. The van der Waals surface area contributed by atoms with E-state index in [1.807, 2.05) is 34.9 Å². The Bertz CT molecular complexity index is 1760. The molecule has 204 valence electrons. The number of nitrogens with two attached hydrogens (primary N) is 2. The maximum atomic E-state index is 9.04. The highest BCUT2D eigenvalue weighted by atomic mass is 15.2. The second-order valence-electron chi connectivity index (χ2n) is 10.0. The smallest absolute Gasteiger partial charge is 0.234 e. The van der Waals surface area contributed by atoms with Gasteiger partial charge in [-0.15, -0.1) is 0 Å². The van der Waals surface area contributed by atoms with Crippen LogP contribution in [0.3, 0.4) is 0 Å². The Morgan fingerprint density at radius 3 is 2.54 bits per heavy atom. The van der Waals surface area contributed by atoms with Gasteiger partial charge in [-0.25, -0.2) is 24.9 Å². The van der Waals surface area contributed by atoms with Gasteiger partial charge in [0.15, 0.2) is 11.5 Å². The van der Waals surface area contributed by atoms with Crippen LogP contribution in [0.1, 0.15) is 29.9 Å². The van der Waals surface area contributed by atoms with E-state index in [1.165, 1.54) is 5.56 Å². The predicted octanol–water partition coefficient (Wildman–Crippen LogP) is 3.73. The molecule has 0 atom stereocenters. The third-order valence-electron chi connectivity index (χ3n) is 7.21. The maximum Gasteiger partial charge on any atom is 0.234 e. The number of pyridine rings is 2. The molecule has 1 aromatic carbocycles. The van der Waals surface area contributed by atoms with Gasteiger partial charge in [-0.1, -0.05) is 18.7 Å². The van der Waals surface area contributed by atoms with Gasteiger partial charge in [-0.3, -0.25) is 9.47 Å². The van der Waals surface area contributed by atoms with E-state index < -0.39 is 0 Å². The summed E-state index contributed by atoms with van der Waals surface area (Å²) >= 11 is 0. The van der Waals surface area contributed by atoms with Gasteiger partial charge in [0.2, 0.25) is 5.82 Å². The molecule has 0 unspecified atom stereocenters. The third-order valence-corrected chi connectivity index (χ3v) is 7.21. The van der Waals surface area contributed by atoms with Crippen LogP contribution in [0.2, 0.25) is 0 Å². The van der Waals surface area contributed by atoms with Gasteiger partial charge in [0, 0.05) is 43.8 Å². The number of aromatic nitrogens is 6. The molecule has 5 N–H and O–H groups in total. The van der Waals surface area contributed by atoms with E-state index in [0.717, 1.165) is 49.2 Å². The number of benzene rings is 1. The molecule has 1 aliphatic heterocycles. The molecule has 0 amide bonds. The summed E-state index contributed by atoms with van der Waals surface area (Å²) in [6.45, 7) is 6.61. The number of nitriles is 1. The van der Waals surface area contributed by atoms with Crippen molar-refractivity contribution >= 4 is 28.5 Å². The fraction of sp³-hybridized carbons (Fsp3) is 0.200. The molecule has 1 fully saturated rings. The van der Waals surface area contributed by atoms with Gasteiger partial charge in [-0.2, -0.15) is 5.26 Å². The Balaban J connectivity index is 1.21. The quantitative estimate of drug-likeness (QED) is 0.276. The predicted molar refractivity (Wildman–Crippen MR) is 158 cm³/mol. The summed E-state index contributed by atoms with van der Waals surface area (Å²) < 4.78 is 1.99. The molecule has 11 nitrogen and oxygen atoms in total. The van der Waals surface area contributed by atoms with E-state index in [9.17, 15) is 0 Å². The number of nitrogens with one attached hydrogen (secondary N) is 1. The van der Waals surface area contributed by atoms with Crippen molar-refractivity contribution < 1.29 is 0 Å². The lowest BCUT2D eigenvalue weighted by Crippen LogP contribution is -2.38. The number of piperidine rings is 1. The molecule has 0 bridgehead atoms. The number of imidazole rings is 1. The highest BCUT2D eigenvalue weighted by Crippen LogP contribution is 2.31. The first-order valence-corrected chi connectivity index (χ1v) is 13.3. The summed E-state index contributed by atoms with van der Waals surface area (Å²) in [6, 6.07) is 20.0. The minimum atomic E-state index is 0.177. The zero-order chi connectivity index (χ0) is 28.3. The van der Waals surface area contributed by atoms with Crippen LogP contribution < -0.4 is 16.8 Å². The minimum absolute atomic E-state index is 0.177. The van der Waals surface area contributed by atoms with E-state index in [-0.39, 0.29) is 5.82 Å². The number of hydrogen-bond donors (Lipinski definition) is 3. The molecule has 6 rings (SSSR count). The molecule has 1 saturated heterocycles. The fourth-order valence-corrected chi connectivity index (χ4v) is 5.11. The summed E-state index contributed by atoms with van der Waals surface area (Å²) in [7, 11) is 0. The molecule has 0 saturated carbocycles. The van der Waals surface area contributed by atoms with Gasteiger partial charge in [0.05, 0.1) is 17.0 Å². The van der Waals surface area contributed by atoms with Crippen LogP contribution in [0.15, 0.2) is 73.6 Å². The molecule has 0 spiro atoms. The topological polar surface area (TPSA) is 160 Å². The molecule has 4 aromatic heterocycles. The summed E-state index contributed by atoms with van der Waals surface area (Å²) in [5, 5.41) is 12.5. The normalized spacial score (nSPS) is 14.1. The number of nitrogens with zero attached hydrogens (tertiary/aromatic N) is 8. The summed E-state index contributed by atoms with van der Waals surface area (Å²) in [4.78, 5) is 24.5. The Kier molecular flexibility index (Phi) is 6.97. The highest BCUT2D eigenvalue weighted by molar-refractivity contribution is 5.83. The zero-order valence-electron chi connectivity index (χ0n) is 22.4. The van der Waals surface area contributed by atoms with Crippen LogP contribution in [0.4, 0.5) is 11.6 Å². The first kappa shape index (κ1) is 25.9. The first-order chi connectivity index (χ1) is 20.0. The fourth-order valence-electron chi connectivity index (χ4n) is 5.11. The Morgan fingerprint density at radius 2 is 1.80 bits per heavy atom. The van der Waals surface area contributed by atoms with Crippen molar-refractivity contribution in [1.82, 2.24) is 34.4 Å². The van der Waals surface area contributed by atoms with E-state index in [1.54, 1.807) is 18.5 Å². The molecule has 5 heterocycles. The zero-order valence-corrected chi connectivity index (χ0v) is 22.4. The summed E-state index contributed by atoms with van der Waals surface area (Å²) in [6.07, 6.45) is 5.25. The standard InChI is InChI=1S/C30H29N11/c1-19(32)24-8-9-25-30(37-24)41(29(38-25)23-3-2-13-35-28(23)33)22-6-4-20(5-7-22)18-40-15-11-21(12-16-40)36-26-10-14-34-27(17-31)39-26/h2-10,13-14,21H,1,11-12,15-16,18,32H2,(H2,33,35)(H,34,36,39). The number of likely N-dealkylation sites (tertiary alicyclic amines) is 1. The number of fused-ring (bicyclic) bond motifs is 1. The molecular weight excluding hydrogens is 514 g/mol. The molecular formula is C30H29N11. The molecule has 0 aliphatic carbocycles. The van der Waals surface area contributed by atoms with Crippen LogP contribution in [-0.2, 0) is 6.54 Å². The first-order valence-electron chi connectivity index (χ1n) is 13.3. The lowest BCUT2D eigenvalue weighted by Gasteiger charge is -2.32. The number of nitrogen functional groups attached to an aromatic ring is 1. The second-order valence-corrected chi connectivity index (χ2v) is 10.0.